The monoisotopic (exact) mass is 335 g/mol. The van der Waals surface area contributed by atoms with Crippen LogP contribution in [0.4, 0.5) is 5.69 Å². The van der Waals surface area contributed by atoms with Gasteiger partial charge in [-0.3, -0.25) is 4.72 Å². The van der Waals surface area contributed by atoms with Crippen molar-refractivity contribution in [1.29, 1.82) is 0 Å². The topological polar surface area (TPSA) is 64.6 Å². The minimum absolute atomic E-state index is 0.193. The number of hydrogen-bond donors (Lipinski definition) is 1. The van der Waals surface area contributed by atoms with Gasteiger partial charge < -0.3 is 9.47 Å². The molecule has 2 aromatic carbocycles. The summed E-state index contributed by atoms with van der Waals surface area (Å²) >= 11 is 0. The lowest BCUT2D eigenvalue weighted by molar-refractivity contribution is 0.409. The normalized spacial score (nSPS) is 11.1. The Balaban J connectivity index is 2.41. The average Bonchev–Trinajstić information content (AvgIpc) is 2.54. The first-order valence-corrected chi connectivity index (χ1v) is 8.74. The summed E-state index contributed by atoms with van der Waals surface area (Å²) in [6.07, 6.45) is 0.681. The molecular formula is C17H21NO4S. The molecule has 6 heteroatoms. The number of anilines is 1. The van der Waals surface area contributed by atoms with Gasteiger partial charge in [0.25, 0.3) is 10.0 Å². The van der Waals surface area contributed by atoms with Crippen LogP contribution in [0.1, 0.15) is 18.1 Å². The van der Waals surface area contributed by atoms with E-state index in [1.54, 1.807) is 31.4 Å². The zero-order valence-corrected chi connectivity index (χ0v) is 14.5. The summed E-state index contributed by atoms with van der Waals surface area (Å²) < 4.78 is 38.3. The van der Waals surface area contributed by atoms with E-state index in [1.165, 1.54) is 13.2 Å². The van der Waals surface area contributed by atoms with Crippen molar-refractivity contribution >= 4 is 15.7 Å². The van der Waals surface area contributed by atoms with Gasteiger partial charge in [0, 0.05) is 0 Å². The van der Waals surface area contributed by atoms with Crippen molar-refractivity contribution in [3.8, 4) is 11.5 Å². The lowest BCUT2D eigenvalue weighted by atomic mass is 10.1. The number of ether oxygens (including phenoxy) is 2. The van der Waals surface area contributed by atoms with Gasteiger partial charge >= 0.3 is 0 Å². The maximum atomic E-state index is 12.6. The number of benzene rings is 2. The Labute approximate surface area is 137 Å². The van der Waals surface area contributed by atoms with Gasteiger partial charge in [0.1, 0.15) is 11.5 Å². The molecule has 0 heterocycles. The second-order valence-corrected chi connectivity index (χ2v) is 6.82. The molecule has 0 saturated heterocycles. The van der Waals surface area contributed by atoms with Crippen LogP contribution in [0.15, 0.2) is 41.3 Å². The standard InChI is InChI=1S/C17H21NO4S/c1-5-13-11-14(7-9-16(13)21-3)23(19,20)18-15-10-12(2)6-8-17(15)22-4/h6-11,18H,5H2,1-4H3. The minimum Gasteiger partial charge on any atom is -0.496 e. The quantitative estimate of drug-likeness (QED) is 0.879. The van der Waals surface area contributed by atoms with Gasteiger partial charge in [-0.05, 0) is 54.8 Å². The molecule has 0 amide bonds. The van der Waals surface area contributed by atoms with Crippen molar-refractivity contribution in [1.82, 2.24) is 0 Å². The van der Waals surface area contributed by atoms with Gasteiger partial charge in [0.2, 0.25) is 0 Å². The molecule has 124 valence electrons. The maximum absolute atomic E-state index is 12.6. The number of rotatable bonds is 6. The molecule has 0 unspecified atom stereocenters. The van der Waals surface area contributed by atoms with Crippen LogP contribution >= 0.6 is 0 Å². The molecule has 1 N–H and O–H groups in total. The largest absolute Gasteiger partial charge is 0.496 e. The summed E-state index contributed by atoms with van der Waals surface area (Å²) in [5, 5.41) is 0. The number of sulfonamides is 1. The predicted molar refractivity (Wildman–Crippen MR) is 90.9 cm³/mol. The molecular weight excluding hydrogens is 314 g/mol. The molecule has 0 atom stereocenters. The Morgan fingerprint density at radius 1 is 1.00 bits per heavy atom. The average molecular weight is 335 g/mol. The van der Waals surface area contributed by atoms with E-state index in [0.717, 1.165) is 11.1 Å². The highest BCUT2D eigenvalue weighted by Gasteiger charge is 2.18. The van der Waals surface area contributed by atoms with E-state index in [9.17, 15) is 8.42 Å². The zero-order chi connectivity index (χ0) is 17.0. The molecule has 5 nitrogen and oxygen atoms in total. The highest BCUT2D eigenvalue weighted by molar-refractivity contribution is 7.92. The Morgan fingerprint density at radius 2 is 1.65 bits per heavy atom. The van der Waals surface area contributed by atoms with Crippen LogP contribution in [0.3, 0.4) is 0 Å². The van der Waals surface area contributed by atoms with Crippen LogP contribution < -0.4 is 14.2 Å². The molecule has 0 aliphatic carbocycles. The first-order chi connectivity index (χ1) is 10.9. The zero-order valence-electron chi connectivity index (χ0n) is 13.7. The van der Waals surface area contributed by atoms with Gasteiger partial charge in [-0.2, -0.15) is 0 Å². The van der Waals surface area contributed by atoms with Crippen LogP contribution in [0, 0.1) is 6.92 Å². The maximum Gasteiger partial charge on any atom is 0.262 e. The molecule has 0 saturated carbocycles. The second kappa shape index (κ2) is 6.91. The van der Waals surface area contributed by atoms with E-state index in [4.69, 9.17) is 9.47 Å². The van der Waals surface area contributed by atoms with Gasteiger partial charge in [-0.15, -0.1) is 0 Å². The van der Waals surface area contributed by atoms with Crippen molar-refractivity contribution in [2.75, 3.05) is 18.9 Å². The predicted octanol–water partition coefficient (Wildman–Crippen LogP) is 3.38. The molecule has 2 aromatic rings. The lowest BCUT2D eigenvalue weighted by Crippen LogP contribution is -2.14. The van der Waals surface area contributed by atoms with Gasteiger partial charge in [-0.1, -0.05) is 13.0 Å². The summed E-state index contributed by atoms with van der Waals surface area (Å²) in [4.78, 5) is 0.193. The first kappa shape index (κ1) is 17.1. The summed E-state index contributed by atoms with van der Waals surface area (Å²) in [7, 11) is -0.633. The number of hydrogen-bond acceptors (Lipinski definition) is 4. The van der Waals surface area contributed by atoms with E-state index in [1.807, 2.05) is 19.9 Å². The molecule has 0 aliphatic heterocycles. The molecule has 23 heavy (non-hydrogen) atoms. The van der Waals surface area contributed by atoms with E-state index in [-0.39, 0.29) is 4.90 Å². The van der Waals surface area contributed by atoms with Crippen molar-refractivity contribution < 1.29 is 17.9 Å². The Kier molecular flexibility index (Phi) is 5.15. The number of nitrogens with one attached hydrogen (secondary N) is 1. The van der Waals surface area contributed by atoms with Gasteiger partial charge in [0.05, 0.1) is 24.8 Å². The fourth-order valence-electron chi connectivity index (χ4n) is 2.30. The molecule has 0 aliphatic rings. The summed E-state index contributed by atoms with van der Waals surface area (Å²) in [5.74, 6) is 1.16. The van der Waals surface area contributed by atoms with Gasteiger partial charge in [-0.25, -0.2) is 8.42 Å². The molecule has 0 radical (unpaired) electrons. The van der Waals surface area contributed by atoms with Crippen LogP contribution in [-0.2, 0) is 16.4 Å². The molecule has 0 aromatic heterocycles. The van der Waals surface area contributed by atoms with Crippen LogP contribution in [-0.4, -0.2) is 22.6 Å². The van der Waals surface area contributed by atoms with E-state index >= 15 is 0 Å². The van der Waals surface area contributed by atoms with Crippen molar-refractivity contribution in [3.63, 3.8) is 0 Å². The third kappa shape index (κ3) is 3.76. The lowest BCUT2D eigenvalue weighted by Gasteiger charge is -2.14. The number of methoxy groups -OCH3 is 2. The second-order valence-electron chi connectivity index (χ2n) is 5.14. The third-order valence-corrected chi connectivity index (χ3v) is 4.91. The fourth-order valence-corrected chi connectivity index (χ4v) is 3.42. The molecule has 2 rings (SSSR count). The van der Waals surface area contributed by atoms with Crippen LogP contribution in [0.5, 0.6) is 11.5 Å². The van der Waals surface area contributed by atoms with Crippen molar-refractivity contribution in [2.45, 2.75) is 25.2 Å². The van der Waals surface area contributed by atoms with E-state index < -0.39 is 10.0 Å². The van der Waals surface area contributed by atoms with Crippen LogP contribution in [0.25, 0.3) is 0 Å². The molecule has 0 spiro atoms. The van der Waals surface area contributed by atoms with Gasteiger partial charge in [0.15, 0.2) is 0 Å². The van der Waals surface area contributed by atoms with E-state index in [2.05, 4.69) is 4.72 Å². The SMILES string of the molecule is CCc1cc(S(=O)(=O)Nc2cc(C)ccc2OC)ccc1OC. The Morgan fingerprint density at radius 3 is 2.26 bits per heavy atom. The molecule has 0 bridgehead atoms. The van der Waals surface area contributed by atoms with Crippen LogP contribution in [0.2, 0.25) is 0 Å². The third-order valence-electron chi connectivity index (χ3n) is 3.54. The summed E-state index contributed by atoms with van der Waals surface area (Å²) in [5.41, 5.74) is 2.19. The van der Waals surface area contributed by atoms with Crippen molar-refractivity contribution in [2.24, 2.45) is 0 Å². The highest BCUT2D eigenvalue weighted by Crippen LogP contribution is 2.29. The molecule has 0 fully saturated rings. The van der Waals surface area contributed by atoms with E-state index in [0.29, 0.717) is 23.6 Å². The number of aryl methyl sites for hydroxylation is 2. The summed E-state index contributed by atoms with van der Waals surface area (Å²) in [6.45, 7) is 3.84. The summed E-state index contributed by atoms with van der Waals surface area (Å²) in [6, 6.07) is 10.2. The van der Waals surface area contributed by atoms with Crippen molar-refractivity contribution in [3.05, 3.63) is 47.5 Å². The fraction of sp³-hybridized carbons (Fsp3) is 0.294. The minimum atomic E-state index is -3.71. The smallest absolute Gasteiger partial charge is 0.262 e. The Hall–Kier alpha value is -2.21. The Bertz CT molecular complexity index is 800. The first-order valence-electron chi connectivity index (χ1n) is 7.25. The highest BCUT2D eigenvalue weighted by atomic mass is 32.2.